The molecule has 1 saturated heterocycles. The smallest absolute Gasteiger partial charge is 0.0814 e. The summed E-state index contributed by atoms with van der Waals surface area (Å²) in [4.78, 5) is 0. The summed E-state index contributed by atoms with van der Waals surface area (Å²) in [5.74, 6) is 0.900. The normalized spacial score (nSPS) is 40.8. The molecule has 2 unspecified atom stereocenters. The molecule has 2 nitrogen and oxygen atoms in total. The summed E-state index contributed by atoms with van der Waals surface area (Å²) in [5, 5.41) is 3.72. The number of morpholine rings is 1. The van der Waals surface area contributed by atoms with Crippen molar-refractivity contribution in [1.82, 2.24) is 5.32 Å². The Hall–Kier alpha value is -0.0800. The molecule has 0 radical (unpaired) electrons. The Bertz CT molecular complexity index is 279. The third-order valence-corrected chi connectivity index (χ3v) is 5.51. The Balaban J connectivity index is 1.71. The lowest BCUT2D eigenvalue weighted by Gasteiger charge is -2.50. The van der Waals surface area contributed by atoms with Gasteiger partial charge in [-0.2, -0.15) is 0 Å². The number of ether oxygens (including phenoxy) is 1. The summed E-state index contributed by atoms with van der Waals surface area (Å²) in [6.45, 7) is 4.61. The fourth-order valence-corrected chi connectivity index (χ4v) is 4.35. The molecule has 2 aliphatic carbocycles. The van der Waals surface area contributed by atoms with Crippen LogP contribution in [0.15, 0.2) is 0 Å². The molecule has 3 fully saturated rings. The molecular formula is C16H29NO. The molecular weight excluding hydrogens is 222 g/mol. The van der Waals surface area contributed by atoms with E-state index in [-0.39, 0.29) is 11.2 Å². The van der Waals surface area contributed by atoms with Gasteiger partial charge in [-0.1, -0.05) is 39.0 Å². The van der Waals surface area contributed by atoms with Crippen molar-refractivity contribution in [3.8, 4) is 0 Å². The van der Waals surface area contributed by atoms with Gasteiger partial charge in [-0.3, -0.25) is 0 Å². The van der Waals surface area contributed by atoms with Crippen molar-refractivity contribution >= 4 is 0 Å². The van der Waals surface area contributed by atoms with E-state index in [0.717, 1.165) is 19.0 Å². The highest BCUT2D eigenvalue weighted by molar-refractivity contribution is 4.99. The molecule has 18 heavy (non-hydrogen) atoms. The van der Waals surface area contributed by atoms with E-state index in [9.17, 15) is 0 Å². The van der Waals surface area contributed by atoms with Crippen molar-refractivity contribution < 1.29 is 4.74 Å². The lowest BCUT2D eigenvalue weighted by molar-refractivity contribution is -0.196. The molecule has 0 aromatic heterocycles. The largest absolute Gasteiger partial charge is 0.366 e. The van der Waals surface area contributed by atoms with Crippen molar-refractivity contribution in [1.29, 1.82) is 0 Å². The van der Waals surface area contributed by atoms with E-state index >= 15 is 0 Å². The van der Waals surface area contributed by atoms with Crippen molar-refractivity contribution in [3.63, 3.8) is 0 Å². The van der Waals surface area contributed by atoms with Crippen LogP contribution in [0.2, 0.25) is 0 Å². The van der Waals surface area contributed by atoms with E-state index in [2.05, 4.69) is 12.2 Å². The average Bonchev–Trinajstić information content (AvgIpc) is 2.53. The number of hydrogen-bond acceptors (Lipinski definition) is 2. The van der Waals surface area contributed by atoms with Gasteiger partial charge in [0, 0.05) is 13.1 Å². The lowest BCUT2D eigenvalue weighted by atomic mass is 9.80. The molecule has 2 saturated carbocycles. The summed E-state index contributed by atoms with van der Waals surface area (Å²) in [6.07, 6.45) is 13.4. The highest BCUT2D eigenvalue weighted by Crippen LogP contribution is 2.42. The molecule has 3 aliphatic rings. The molecule has 0 aromatic rings. The molecule has 2 heteroatoms. The number of rotatable bonds is 0. The maximum absolute atomic E-state index is 6.81. The Labute approximate surface area is 112 Å². The highest BCUT2D eigenvalue weighted by atomic mass is 16.5. The third kappa shape index (κ3) is 2.60. The number of hydrogen-bond donors (Lipinski definition) is 1. The Morgan fingerprint density at radius 2 is 1.50 bits per heavy atom. The fourth-order valence-electron chi connectivity index (χ4n) is 4.35. The lowest BCUT2D eigenvalue weighted by Crippen LogP contribution is -2.60. The summed E-state index contributed by atoms with van der Waals surface area (Å²) >= 11 is 0. The van der Waals surface area contributed by atoms with E-state index in [0.29, 0.717) is 0 Å². The zero-order chi connectivity index (χ0) is 12.5. The van der Waals surface area contributed by atoms with Crippen molar-refractivity contribution in [2.45, 2.75) is 82.3 Å². The molecule has 1 heterocycles. The monoisotopic (exact) mass is 251 g/mol. The van der Waals surface area contributed by atoms with Crippen LogP contribution in [0.5, 0.6) is 0 Å². The van der Waals surface area contributed by atoms with Crippen LogP contribution in [-0.2, 0) is 4.74 Å². The van der Waals surface area contributed by atoms with Gasteiger partial charge in [0.05, 0.1) is 11.2 Å². The second kappa shape index (κ2) is 5.13. The first-order valence-electron chi connectivity index (χ1n) is 8.13. The van der Waals surface area contributed by atoms with Crippen LogP contribution in [-0.4, -0.2) is 24.3 Å². The summed E-state index contributed by atoms with van der Waals surface area (Å²) in [7, 11) is 0. The Morgan fingerprint density at radius 1 is 0.833 bits per heavy atom. The van der Waals surface area contributed by atoms with Gasteiger partial charge >= 0.3 is 0 Å². The van der Waals surface area contributed by atoms with Gasteiger partial charge in [0.2, 0.25) is 0 Å². The zero-order valence-electron chi connectivity index (χ0n) is 12.0. The van der Waals surface area contributed by atoms with Crippen LogP contribution < -0.4 is 5.32 Å². The van der Waals surface area contributed by atoms with Crippen LogP contribution >= 0.6 is 0 Å². The van der Waals surface area contributed by atoms with Crippen LogP contribution in [0.1, 0.15) is 71.1 Å². The molecule has 3 rings (SSSR count). The molecule has 2 spiro atoms. The second-order valence-electron chi connectivity index (χ2n) is 7.17. The molecule has 1 aliphatic heterocycles. The van der Waals surface area contributed by atoms with Gasteiger partial charge < -0.3 is 10.1 Å². The maximum atomic E-state index is 6.81. The third-order valence-electron chi connectivity index (χ3n) is 5.51. The standard InChI is InChI=1S/C16H29NO/c1-14-6-5-10-16(11-7-14)13-17-12-15(18-16)8-3-2-4-9-15/h14,17H,2-13H2,1H3. The van der Waals surface area contributed by atoms with E-state index in [1.54, 1.807) is 0 Å². The highest BCUT2D eigenvalue weighted by Gasteiger charge is 2.46. The van der Waals surface area contributed by atoms with E-state index in [1.165, 1.54) is 64.2 Å². The van der Waals surface area contributed by atoms with Gasteiger partial charge in [-0.05, 0) is 38.0 Å². The SMILES string of the molecule is CC1CCCC2(CC1)CNCC1(CCCCC1)O2. The minimum Gasteiger partial charge on any atom is -0.366 e. The van der Waals surface area contributed by atoms with Gasteiger partial charge in [-0.25, -0.2) is 0 Å². The molecule has 0 bridgehead atoms. The van der Waals surface area contributed by atoms with E-state index in [1.807, 2.05) is 0 Å². The zero-order valence-corrected chi connectivity index (χ0v) is 12.0. The van der Waals surface area contributed by atoms with Crippen molar-refractivity contribution in [3.05, 3.63) is 0 Å². The van der Waals surface area contributed by atoms with Crippen LogP contribution in [0.4, 0.5) is 0 Å². The molecule has 104 valence electrons. The molecule has 1 N–H and O–H groups in total. The quantitative estimate of drug-likeness (QED) is 0.709. The van der Waals surface area contributed by atoms with Gasteiger partial charge in [-0.15, -0.1) is 0 Å². The predicted octanol–water partition coefficient (Wildman–Crippen LogP) is 3.65. The minimum atomic E-state index is 0.181. The average molecular weight is 251 g/mol. The summed E-state index contributed by atoms with van der Waals surface area (Å²) in [6, 6.07) is 0. The fraction of sp³-hybridized carbons (Fsp3) is 1.00. The minimum absolute atomic E-state index is 0.181. The maximum Gasteiger partial charge on any atom is 0.0814 e. The molecule has 0 amide bonds. The molecule has 0 aromatic carbocycles. The number of nitrogens with one attached hydrogen (secondary N) is 1. The van der Waals surface area contributed by atoms with Crippen LogP contribution in [0.25, 0.3) is 0 Å². The van der Waals surface area contributed by atoms with Gasteiger partial charge in [0.1, 0.15) is 0 Å². The van der Waals surface area contributed by atoms with Crippen molar-refractivity contribution in [2.75, 3.05) is 13.1 Å². The van der Waals surface area contributed by atoms with Crippen molar-refractivity contribution in [2.24, 2.45) is 5.92 Å². The molecule has 2 atom stereocenters. The van der Waals surface area contributed by atoms with Crippen LogP contribution in [0, 0.1) is 5.92 Å². The first-order chi connectivity index (χ1) is 8.72. The first-order valence-corrected chi connectivity index (χ1v) is 8.13. The van der Waals surface area contributed by atoms with Crippen LogP contribution in [0.3, 0.4) is 0 Å². The van der Waals surface area contributed by atoms with E-state index in [4.69, 9.17) is 4.74 Å². The van der Waals surface area contributed by atoms with Gasteiger partial charge in [0.25, 0.3) is 0 Å². The second-order valence-corrected chi connectivity index (χ2v) is 7.17. The topological polar surface area (TPSA) is 21.3 Å². The Kier molecular flexibility index (Phi) is 3.68. The van der Waals surface area contributed by atoms with E-state index < -0.39 is 0 Å². The Morgan fingerprint density at radius 3 is 2.28 bits per heavy atom. The predicted molar refractivity (Wildman–Crippen MR) is 74.8 cm³/mol. The first kappa shape index (κ1) is 12.9. The summed E-state index contributed by atoms with van der Waals surface area (Å²) < 4.78 is 6.81. The van der Waals surface area contributed by atoms with Gasteiger partial charge in [0.15, 0.2) is 0 Å². The summed E-state index contributed by atoms with van der Waals surface area (Å²) in [5.41, 5.74) is 0.379.